The SMILES string of the molecule is CNCC(=O)N[C@@H](CCCN=C(N)N)C(=O)N[C@H](C(=O)N[C@@H](Cc1ccc(I)cc1)C(=O)N[C@@H](Cc1ccc(C(=O)c2ccccc2)cc1)C(=O)N[C@@H](Cc1cnc[nH]1)C(=O)N1CCC[C@H]1C(=O)N[C@@H](Cc1ccccc1)C(=O)O)C(C)C. The summed E-state index contributed by atoms with van der Waals surface area (Å²) in [7, 11) is 1.57. The number of benzene rings is 4. The molecule has 4 aromatic carbocycles. The van der Waals surface area contributed by atoms with Gasteiger partial charge >= 0.3 is 5.97 Å². The zero-order chi connectivity index (χ0) is 60.0. The number of carbonyl (C=O) groups excluding carboxylic acids is 8. The Hall–Kier alpha value is -8.52. The zero-order valence-electron chi connectivity index (χ0n) is 46.4. The lowest BCUT2D eigenvalue weighted by Gasteiger charge is -2.31. The van der Waals surface area contributed by atoms with E-state index in [0.29, 0.717) is 46.4 Å². The molecular weight excluding hydrogens is 1180 g/mol. The number of likely N-dealkylation sites (N-methyl/N-ethyl adjacent to an activating group) is 1. The smallest absolute Gasteiger partial charge is 0.326 e. The standard InChI is InChI=1S/C59H72IN13O10/c1-35(2)50(72-52(76)43(67-49(74)33-63-3)16-10-26-65-59(61)62)56(80)69-45(29-38-20-24-41(60)25-21-38)53(77)68-44(28-37-18-22-40(23-19-37)51(75)39-14-8-5-9-15-39)54(78)70-46(31-42-32-64-34-66-42)57(81)73-27-11-17-48(73)55(79)71-47(58(82)83)30-36-12-6-4-7-13-36/h4-9,12-15,18-25,32,34-35,43-48,50,63H,10-11,16-17,26-31,33H2,1-3H3,(H,64,66)(H,67,74)(H,68,77)(H,69,80)(H,70,78)(H,71,79)(H,72,76)(H,82,83)(H4,61,62,65)/t43-,44-,45-,46-,47-,48-,50-/m0/s1. The van der Waals surface area contributed by atoms with Crippen molar-refractivity contribution >= 4 is 81.7 Å². The van der Waals surface area contributed by atoms with Crippen LogP contribution in [0.3, 0.4) is 0 Å². The van der Waals surface area contributed by atoms with Gasteiger partial charge < -0.3 is 63.7 Å². The van der Waals surface area contributed by atoms with Gasteiger partial charge in [-0.1, -0.05) is 111 Å². The maximum Gasteiger partial charge on any atom is 0.326 e. The number of nitrogens with two attached hydrogens (primary N) is 2. The number of likely N-dealkylation sites (tertiary alicyclic amines) is 1. The van der Waals surface area contributed by atoms with Gasteiger partial charge in [-0.25, -0.2) is 9.78 Å². The predicted octanol–water partition coefficient (Wildman–Crippen LogP) is 1.43. The van der Waals surface area contributed by atoms with Gasteiger partial charge in [0.05, 0.1) is 12.9 Å². The highest BCUT2D eigenvalue weighted by Crippen LogP contribution is 2.21. The average molecular weight is 1250 g/mol. The average Bonchev–Trinajstić information content (AvgIpc) is 4.40. The first-order chi connectivity index (χ1) is 39.8. The summed E-state index contributed by atoms with van der Waals surface area (Å²) < 4.78 is 0.898. The fraction of sp³-hybridized carbons (Fsp3) is 0.373. The van der Waals surface area contributed by atoms with E-state index in [4.69, 9.17) is 11.5 Å². The van der Waals surface area contributed by atoms with Gasteiger partial charge in [-0.3, -0.25) is 43.3 Å². The number of aromatic amines is 1. The normalized spacial score (nSPS) is 15.0. The number of carbonyl (C=O) groups is 9. The van der Waals surface area contributed by atoms with Crippen LogP contribution >= 0.6 is 22.6 Å². The van der Waals surface area contributed by atoms with Gasteiger partial charge in [-0.05, 0) is 90.1 Å². The summed E-state index contributed by atoms with van der Waals surface area (Å²) in [5.41, 5.74) is 14.1. The summed E-state index contributed by atoms with van der Waals surface area (Å²) in [6.45, 7) is 3.58. The number of ketones is 1. The highest BCUT2D eigenvalue weighted by atomic mass is 127. The van der Waals surface area contributed by atoms with Gasteiger partial charge in [0.25, 0.3) is 0 Å². The summed E-state index contributed by atoms with van der Waals surface area (Å²) >= 11 is 2.14. The number of nitrogens with one attached hydrogen (secondary N) is 8. The zero-order valence-corrected chi connectivity index (χ0v) is 48.6. The minimum Gasteiger partial charge on any atom is -0.480 e. The van der Waals surface area contributed by atoms with Crippen LogP contribution in [0.2, 0.25) is 0 Å². The third-order valence-electron chi connectivity index (χ3n) is 13.8. The van der Waals surface area contributed by atoms with Crippen molar-refractivity contribution in [2.75, 3.05) is 26.7 Å². The number of halogens is 1. The van der Waals surface area contributed by atoms with E-state index in [1.165, 1.54) is 17.4 Å². The lowest BCUT2D eigenvalue weighted by molar-refractivity contribution is -0.145. The van der Waals surface area contributed by atoms with Crippen LogP contribution in [0.4, 0.5) is 0 Å². The van der Waals surface area contributed by atoms with Crippen LogP contribution in [0.25, 0.3) is 0 Å². The fourth-order valence-corrected chi connectivity index (χ4v) is 9.83. The third-order valence-corrected chi connectivity index (χ3v) is 14.5. The molecule has 83 heavy (non-hydrogen) atoms. The molecule has 7 amide bonds. The minimum absolute atomic E-state index is 0.00716. The highest BCUT2D eigenvalue weighted by Gasteiger charge is 2.40. The number of nitrogens with zero attached hydrogens (tertiary/aromatic N) is 3. The molecule has 0 aliphatic carbocycles. The molecule has 1 saturated heterocycles. The Morgan fingerprint density at radius 2 is 1.23 bits per heavy atom. The first kappa shape index (κ1) is 63.7. The van der Waals surface area contributed by atoms with E-state index in [1.807, 2.05) is 12.1 Å². The molecule has 0 saturated carbocycles. The van der Waals surface area contributed by atoms with E-state index in [-0.39, 0.29) is 69.9 Å². The number of carboxylic acid groups (broad SMARTS) is 1. The monoisotopic (exact) mass is 1250 g/mol. The second-order valence-electron chi connectivity index (χ2n) is 20.5. The summed E-state index contributed by atoms with van der Waals surface area (Å²) in [4.78, 5) is 138. The highest BCUT2D eigenvalue weighted by molar-refractivity contribution is 14.1. The molecule has 23 nitrogen and oxygen atoms in total. The van der Waals surface area contributed by atoms with Crippen LogP contribution in [0, 0.1) is 9.49 Å². The molecule has 440 valence electrons. The van der Waals surface area contributed by atoms with E-state index in [0.717, 1.165) is 3.57 Å². The maximum atomic E-state index is 15.1. The number of rotatable bonds is 30. The van der Waals surface area contributed by atoms with Crippen LogP contribution in [-0.2, 0) is 64.0 Å². The fourth-order valence-electron chi connectivity index (χ4n) is 9.47. The Morgan fingerprint density at radius 3 is 1.81 bits per heavy atom. The molecule has 2 heterocycles. The molecule has 13 N–H and O–H groups in total. The molecule has 6 rings (SSSR count). The minimum atomic E-state index is -1.46. The maximum absolute atomic E-state index is 15.1. The van der Waals surface area contributed by atoms with Crippen molar-refractivity contribution < 1.29 is 48.3 Å². The van der Waals surface area contributed by atoms with Crippen molar-refractivity contribution in [1.82, 2.24) is 52.1 Å². The number of carboxylic acids is 1. The van der Waals surface area contributed by atoms with Gasteiger partial charge in [0.15, 0.2) is 11.7 Å². The first-order valence-corrected chi connectivity index (χ1v) is 28.4. The topological polar surface area (TPSA) is 354 Å². The molecule has 5 aromatic rings. The van der Waals surface area contributed by atoms with E-state index in [9.17, 15) is 38.7 Å². The lowest BCUT2D eigenvalue weighted by atomic mass is 9.98. The van der Waals surface area contributed by atoms with Crippen molar-refractivity contribution in [3.8, 4) is 0 Å². The Morgan fingerprint density at radius 1 is 0.675 bits per heavy atom. The molecule has 0 bridgehead atoms. The summed E-state index contributed by atoms with van der Waals surface area (Å²) in [5, 5.41) is 29.4. The number of hydrogen-bond acceptors (Lipinski definition) is 12. The van der Waals surface area contributed by atoms with Gasteiger partial charge in [0.2, 0.25) is 41.4 Å². The van der Waals surface area contributed by atoms with Gasteiger partial charge in [-0.15, -0.1) is 0 Å². The van der Waals surface area contributed by atoms with Crippen molar-refractivity contribution in [3.63, 3.8) is 0 Å². The van der Waals surface area contributed by atoms with Crippen LogP contribution in [0.5, 0.6) is 0 Å². The molecule has 0 radical (unpaired) electrons. The number of aromatic nitrogens is 2. The molecule has 24 heteroatoms. The Balaban J connectivity index is 1.30. The molecule has 1 aliphatic rings. The number of imidazole rings is 1. The molecule has 0 unspecified atom stereocenters. The second-order valence-corrected chi connectivity index (χ2v) is 21.7. The van der Waals surface area contributed by atoms with Crippen LogP contribution in [-0.4, -0.2) is 148 Å². The van der Waals surface area contributed by atoms with Gasteiger partial charge in [0.1, 0.15) is 42.3 Å². The van der Waals surface area contributed by atoms with E-state index < -0.39 is 95.5 Å². The molecule has 1 fully saturated rings. The van der Waals surface area contributed by atoms with Gasteiger partial charge in [0, 0.05) is 65.4 Å². The lowest BCUT2D eigenvalue weighted by Crippen LogP contribution is -2.61. The number of amides is 7. The van der Waals surface area contributed by atoms with Crippen molar-refractivity contribution in [3.05, 3.63) is 159 Å². The van der Waals surface area contributed by atoms with E-state index >= 15 is 9.59 Å². The number of aliphatic carboxylic acids is 1. The van der Waals surface area contributed by atoms with Crippen molar-refractivity contribution in [2.24, 2.45) is 22.4 Å². The number of hydrogen-bond donors (Lipinski definition) is 11. The van der Waals surface area contributed by atoms with Crippen molar-refractivity contribution in [2.45, 2.75) is 108 Å². The molecule has 0 spiro atoms. The van der Waals surface area contributed by atoms with Gasteiger partial charge in [-0.2, -0.15) is 0 Å². The van der Waals surface area contributed by atoms with Crippen LogP contribution in [0.1, 0.15) is 77.8 Å². The summed E-state index contributed by atoms with van der Waals surface area (Å²) in [5.74, 6) is -7.07. The molecular formula is C59H72IN13O10. The second kappa shape index (κ2) is 31.6. The Kier molecular flexibility index (Phi) is 24.3. The summed E-state index contributed by atoms with van der Waals surface area (Å²) in [6.07, 6.45) is 3.48. The Bertz CT molecular complexity index is 3040. The Labute approximate surface area is 494 Å². The van der Waals surface area contributed by atoms with Crippen LogP contribution in [0.15, 0.2) is 127 Å². The van der Waals surface area contributed by atoms with E-state index in [1.54, 1.807) is 118 Å². The van der Waals surface area contributed by atoms with Crippen LogP contribution < -0.4 is 48.7 Å². The van der Waals surface area contributed by atoms with E-state index in [2.05, 4.69) is 74.8 Å². The quantitative estimate of drug-likeness (QED) is 0.0102. The van der Waals surface area contributed by atoms with Crippen molar-refractivity contribution in [1.29, 1.82) is 0 Å². The molecule has 1 aliphatic heterocycles. The molecule has 7 atom stereocenters. The largest absolute Gasteiger partial charge is 0.480 e. The first-order valence-electron chi connectivity index (χ1n) is 27.3. The number of guanidine groups is 1. The summed E-state index contributed by atoms with van der Waals surface area (Å²) in [6, 6.07) is 22.2. The molecule has 1 aromatic heterocycles. The predicted molar refractivity (Wildman–Crippen MR) is 318 cm³/mol. The third kappa shape index (κ3) is 19.6. The number of aliphatic imine (C=N–C) groups is 1. The number of H-pyrrole nitrogens is 1.